The SMILES string of the molecule is Cc1ccc(NS(=O)(=O)c2cc(C(=O)Nc3cccc(OC(C)C)c3)ccc2Cl)c(C)c1. The van der Waals surface area contributed by atoms with Gasteiger partial charge in [-0.25, -0.2) is 8.42 Å². The molecule has 0 fully saturated rings. The number of sulfonamides is 1. The summed E-state index contributed by atoms with van der Waals surface area (Å²) in [5.41, 5.74) is 2.93. The molecule has 0 heterocycles. The quantitative estimate of drug-likeness (QED) is 0.455. The van der Waals surface area contributed by atoms with Gasteiger partial charge in [-0.2, -0.15) is 0 Å². The monoisotopic (exact) mass is 472 g/mol. The lowest BCUT2D eigenvalue weighted by Gasteiger charge is -2.14. The second kappa shape index (κ2) is 9.63. The maximum Gasteiger partial charge on any atom is 0.263 e. The number of rotatable bonds is 7. The molecular formula is C24H25ClN2O4S. The Morgan fingerprint density at radius 1 is 1.00 bits per heavy atom. The number of carbonyl (C=O) groups is 1. The largest absolute Gasteiger partial charge is 0.491 e. The zero-order valence-corrected chi connectivity index (χ0v) is 19.8. The average Bonchev–Trinajstić information content (AvgIpc) is 2.70. The molecule has 0 saturated carbocycles. The molecule has 168 valence electrons. The van der Waals surface area contributed by atoms with Gasteiger partial charge >= 0.3 is 0 Å². The van der Waals surface area contributed by atoms with Gasteiger partial charge in [0.1, 0.15) is 10.6 Å². The van der Waals surface area contributed by atoms with E-state index >= 15 is 0 Å². The second-order valence-corrected chi connectivity index (χ2v) is 9.78. The summed E-state index contributed by atoms with van der Waals surface area (Å²) in [5.74, 6) is 0.154. The van der Waals surface area contributed by atoms with Gasteiger partial charge < -0.3 is 10.1 Å². The lowest BCUT2D eigenvalue weighted by Crippen LogP contribution is -2.17. The van der Waals surface area contributed by atoms with Crippen LogP contribution in [0.4, 0.5) is 11.4 Å². The lowest BCUT2D eigenvalue weighted by atomic mass is 10.1. The van der Waals surface area contributed by atoms with E-state index in [9.17, 15) is 13.2 Å². The predicted molar refractivity (Wildman–Crippen MR) is 128 cm³/mol. The molecule has 2 N–H and O–H groups in total. The smallest absolute Gasteiger partial charge is 0.263 e. The van der Waals surface area contributed by atoms with E-state index in [1.807, 2.05) is 39.8 Å². The Hall–Kier alpha value is -3.03. The van der Waals surface area contributed by atoms with Crippen molar-refractivity contribution in [2.75, 3.05) is 10.0 Å². The molecule has 0 aliphatic rings. The van der Waals surface area contributed by atoms with Crippen molar-refractivity contribution in [2.24, 2.45) is 0 Å². The summed E-state index contributed by atoms with van der Waals surface area (Å²) in [6.45, 7) is 7.56. The van der Waals surface area contributed by atoms with E-state index in [1.165, 1.54) is 18.2 Å². The van der Waals surface area contributed by atoms with Crippen molar-refractivity contribution in [1.82, 2.24) is 0 Å². The van der Waals surface area contributed by atoms with Crippen molar-refractivity contribution in [3.05, 3.63) is 82.4 Å². The van der Waals surface area contributed by atoms with Gasteiger partial charge in [-0.1, -0.05) is 35.4 Å². The molecule has 0 unspecified atom stereocenters. The first-order valence-corrected chi connectivity index (χ1v) is 11.9. The summed E-state index contributed by atoms with van der Waals surface area (Å²) in [4.78, 5) is 12.6. The maximum atomic E-state index is 13.0. The molecule has 3 aromatic carbocycles. The average molecular weight is 473 g/mol. The van der Waals surface area contributed by atoms with Gasteiger partial charge in [-0.3, -0.25) is 9.52 Å². The number of carbonyl (C=O) groups excluding carboxylic acids is 1. The van der Waals surface area contributed by atoms with Crippen LogP contribution in [0.2, 0.25) is 5.02 Å². The highest BCUT2D eigenvalue weighted by molar-refractivity contribution is 7.92. The molecule has 3 rings (SSSR count). The normalized spacial score (nSPS) is 11.3. The van der Waals surface area contributed by atoms with Crippen LogP contribution < -0.4 is 14.8 Å². The topological polar surface area (TPSA) is 84.5 Å². The van der Waals surface area contributed by atoms with E-state index in [0.29, 0.717) is 17.1 Å². The van der Waals surface area contributed by atoms with Crippen molar-refractivity contribution in [1.29, 1.82) is 0 Å². The van der Waals surface area contributed by atoms with Crippen molar-refractivity contribution in [3.8, 4) is 5.75 Å². The molecule has 32 heavy (non-hydrogen) atoms. The number of benzene rings is 3. The standard InChI is InChI=1S/C24H25ClN2O4S/c1-15(2)31-20-7-5-6-19(14-20)26-24(28)18-9-10-21(25)23(13-18)32(29,30)27-22-11-8-16(3)12-17(22)4/h5-15,27H,1-4H3,(H,26,28). The molecular weight excluding hydrogens is 448 g/mol. The summed E-state index contributed by atoms with van der Waals surface area (Å²) < 4.78 is 34.2. The van der Waals surface area contributed by atoms with Gasteiger partial charge in [0.15, 0.2) is 0 Å². The number of hydrogen-bond donors (Lipinski definition) is 2. The Balaban J connectivity index is 1.85. The van der Waals surface area contributed by atoms with Crippen LogP contribution in [-0.4, -0.2) is 20.4 Å². The third-order valence-corrected chi connectivity index (χ3v) is 6.42. The molecule has 8 heteroatoms. The van der Waals surface area contributed by atoms with Gasteiger partial charge in [0, 0.05) is 17.3 Å². The van der Waals surface area contributed by atoms with E-state index in [2.05, 4.69) is 10.0 Å². The Kier molecular flexibility index (Phi) is 7.11. The minimum Gasteiger partial charge on any atom is -0.491 e. The molecule has 0 aliphatic carbocycles. The molecule has 3 aromatic rings. The molecule has 0 bridgehead atoms. The second-order valence-electron chi connectivity index (χ2n) is 7.72. The van der Waals surface area contributed by atoms with Gasteiger partial charge in [-0.15, -0.1) is 0 Å². The first-order chi connectivity index (χ1) is 15.0. The molecule has 0 radical (unpaired) electrons. The highest BCUT2D eigenvalue weighted by Crippen LogP contribution is 2.27. The van der Waals surface area contributed by atoms with Gasteiger partial charge in [0.2, 0.25) is 0 Å². The van der Waals surface area contributed by atoms with Crippen molar-refractivity contribution in [2.45, 2.75) is 38.7 Å². The zero-order valence-electron chi connectivity index (χ0n) is 18.3. The van der Waals surface area contributed by atoms with Gasteiger partial charge in [-0.05, 0) is 69.7 Å². The van der Waals surface area contributed by atoms with E-state index in [1.54, 1.807) is 30.3 Å². The van der Waals surface area contributed by atoms with E-state index < -0.39 is 15.9 Å². The van der Waals surface area contributed by atoms with Gasteiger partial charge in [0.05, 0.1) is 16.8 Å². The predicted octanol–water partition coefficient (Wildman–Crippen LogP) is 5.80. The molecule has 0 saturated heterocycles. The van der Waals surface area contributed by atoms with Crippen LogP contribution in [0.25, 0.3) is 0 Å². The summed E-state index contributed by atoms with van der Waals surface area (Å²) in [5, 5.41) is 2.78. The molecule has 0 atom stereocenters. The van der Waals surface area contributed by atoms with Crippen molar-refractivity contribution >= 4 is 38.9 Å². The molecule has 1 amide bonds. The number of hydrogen-bond acceptors (Lipinski definition) is 4. The maximum absolute atomic E-state index is 13.0. The molecule has 0 spiro atoms. The first-order valence-electron chi connectivity index (χ1n) is 10.0. The summed E-state index contributed by atoms with van der Waals surface area (Å²) >= 11 is 6.18. The van der Waals surface area contributed by atoms with Crippen LogP contribution in [0.15, 0.2) is 65.6 Å². The van der Waals surface area contributed by atoms with E-state index in [-0.39, 0.29) is 21.6 Å². The summed E-state index contributed by atoms with van der Waals surface area (Å²) in [6.07, 6.45) is -0.00496. The van der Waals surface area contributed by atoms with E-state index in [4.69, 9.17) is 16.3 Å². The van der Waals surface area contributed by atoms with Crippen LogP contribution in [0.3, 0.4) is 0 Å². The number of amides is 1. The Labute approximate surface area is 193 Å². The van der Waals surface area contributed by atoms with Crippen LogP contribution >= 0.6 is 11.6 Å². The Morgan fingerprint density at radius 2 is 1.75 bits per heavy atom. The Morgan fingerprint density at radius 3 is 2.44 bits per heavy atom. The van der Waals surface area contributed by atoms with Gasteiger partial charge in [0.25, 0.3) is 15.9 Å². The number of ether oxygens (including phenoxy) is 1. The fraction of sp³-hybridized carbons (Fsp3) is 0.208. The fourth-order valence-corrected chi connectivity index (χ4v) is 4.76. The van der Waals surface area contributed by atoms with Crippen LogP contribution in [0, 0.1) is 13.8 Å². The number of anilines is 2. The molecule has 0 aliphatic heterocycles. The summed E-state index contributed by atoms with van der Waals surface area (Å²) in [6, 6.07) is 16.5. The minimum atomic E-state index is -4.01. The summed E-state index contributed by atoms with van der Waals surface area (Å²) in [7, 11) is -4.01. The minimum absolute atomic E-state index is 0.00496. The van der Waals surface area contributed by atoms with Crippen molar-refractivity contribution in [3.63, 3.8) is 0 Å². The molecule has 6 nitrogen and oxygen atoms in total. The third kappa shape index (κ3) is 5.81. The third-order valence-electron chi connectivity index (χ3n) is 4.57. The van der Waals surface area contributed by atoms with Crippen molar-refractivity contribution < 1.29 is 17.9 Å². The van der Waals surface area contributed by atoms with Crippen LogP contribution in [-0.2, 0) is 10.0 Å². The van der Waals surface area contributed by atoms with Crippen LogP contribution in [0.1, 0.15) is 35.3 Å². The first kappa shape index (κ1) is 23.6. The number of halogens is 1. The van der Waals surface area contributed by atoms with E-state index in [0.717, 1.165) is 11.1 Å². The number of aryl methyl sites for hydroxylation is 2. The zero-order chi connectivity index (χ0) is 23.5. The Bertz CT molecular complexity index is 1260. The molecule has 0 aromatic heterocycles. The highest BCUT2D eigenvalue weighted by Gasteiger charge is 2.21. The number of nitrogens with one attached hydrogen (secondary N) is 2. The lowest BCUT2D eigenvalue weighted by molar-refractivity contribution is 0.102. The highest BCUT2D eigenvalue weighted by atomic mass is 35.5. The fourth-order valence-electron chi connectivity index (χ4n) is 3.10. The van der Waals surface area contributed by atoms with Crippen LogP contribution in [0.5, 0.6) is 5.75 Å².